The van der Waals surface area contributed by atoms with Crippen molar-refractivity contribution in [3.8, 4) is 0 Å². The fourth-order valence-electron chi connectivity index (χ4n) is 1.46. The third-order valence-electron chi connectivity index (χ3n) is 2.15. The molecule has 3 heteroatoms. The fourth-order valence-corrected chi connectivity index (χ4v) is 1.70. The molecule has 1 aromatic rings. The van der Waals surface area contributed by atoms with E-state index < -0.39 is 0 Å². The lowest BCUT2D eigenvalue weighted by Gasteiger charge is -2.02. The number of hydrazone groups is 1. The first-order valence-electron chi connectivity index (χ1n) is 4.31. The first-order valence-corrected chi connectivity index (χ1v) is 4.68. The van der Waals surface area contributed by atoms with Gasteiger partial charge in [-0.3, -0.25) is 5.01 Å². The van der Waals surface area contributed by atoms with Crippen LogP contribution >= 0.6 is 11.6 Å². The number of nitrogens with zero attached hydrogens (tertiary/aromatic N) is 2. The van der Waals surface area contributed by atoms with E-state index in [4.69, 9.17) is 11.6 Å². The molecule has 13 heavy (non-hydrogen) atoms. The fraction of sp³-hybridized carbons (Fsp3) is 0.300. The van der Waals surface area contributed by atoms with Gasteiger partial charge in [-0.05, 0) is 6.07 Å². The van der Waals surface area contributed by atoms with Gasteiger partial charge in [-0.1, -0.05) is 29.8 Å². The Kier molecular flexibility index (Phi) is 2.23. The van der Waals surface area contributed by atoms with Crippen LogP contribution in [0.5, 0.6) is 0 Å². The second-order valence-corrected chi connectivity index (χ2v) is 3.56. The van der Waals surface area contributed by atoms with Gasteiger partial charge in [0.2, 0.25) is 0 Å². The Bertz CT molecular complexity index is 347. The highest BCUT2D eigenvalue weighted by molar-refractivity contribution is 6.34. The van der Waals surface area contributed by atoms with Gasteiger partial charge in [-0.2, -0.15) is 5.10 Å². The van der Waals surface area contributed by atoms with Crippen molar-refractivity contribution in [3.05, 3.63) is 34.9 Å². The van der Waals surface area contributed by atoms with Gasteiger partial charge in [0.15, 0.2) is 0 Å². The molecule has 0 bridgehead atoms. The lowest BCUT2D eigenvalue weighted by Crippen LogP contribution is -2.04. The Morgan fingerprint density at radius 3 is 2.77 bits per heavy atom. The Morgan fingerprint density at radius 2 is 2.15 bits per heavy atom. The minimum Gasteiger partial charge on any atom is -0.299 e. The summed E-state index contributed by atoms with van der Waals surface area (Å²) in [6, 6.07) is 7.84. The van der Waals surface area contributed by atoms with Crippen molar-refractivity contribution >= 4 is 17.3 Å². The van der Waals surface area contributed by atoms with Gasteiger partial charge in [0, 0.05) is 30.6 Å². The van der Waals surface area contributed by atoms with Crippen LogP contribution in [-0.2, 0) is 0 Å². The van der Waals surface area contributed by atoms with Crippen LogP contribution in [0.25, 0.3) is 0 Å². The van der Waals surface area contributed by atoms with Gasteiger partial charge in [0.25, 0.3) is 0 Å². The van der Waals surface area contributed by atoms with E-state index in [-0.39, 0.29) is 0 Å². The van der Waals surface area contributed by atoms with Crippen LogP contribution in [0.4, 0.5) is 0 Å². The summed E-state index contributed by atoms with van der Waals surface area (Å²) in [5.41, 5.74) is 2.15. The Hall–Kier alpha value is -1.02. The molecule has 0 saturated heterocycles. The van der Waals surface area contributed by atoms with Crippen molar-refractivity contribution in [3.63, 3.8) is 0 Å². The maximum Gasteiger partial charge on any atom is 0.0710 e. The maximum absolute atomic E-state index is 6.05. The van der Waals surface area contributed by atoms with Crippen LogP contribution in [0, 0.1) is 0 Å². The molecule has 0 N–H and O–H groups in total. The van der Waals surface area contributed by atoms with Crippen molar-refractivity contribution in [2.75, 3.05) is 13.6 Å². The molecule has 0 fully saturated rings. The molecule has 1 aromatic carbocycles. The van der Waals surface area contributed by atoms with Crippen molar-refractivity contribution in [2.24, 2.45) is 5.10 Å². The smallest absolute Gasteiger partial charge is 0.0710 e. The normalized spacial score (nSPS) is 16.2. The summed E-state index contributed by atoms with van der Waals surface area (Å²) in [5.74, 6) is 0. The maximum atomic E-state index is 6.05. The van der Waals surface area contributed by atoms with E-state index in [1.54, 1.807) is 0 Å². The largest absolute Gasteiger partial charge is 0.299 e. The molecule has 2 nitrogen and oxygen atoms in total. The second-order valence-electron chi connectivity index (χ2n) is 3.16. The quantitative estimate of drug-likeness (QED) is 0.670. The van der Waals surface area contributed by atoms with Crippen LogP contribution in [-0.4, -0.2) is 24.3 Å². The van der Waals surface area contributed by atoms with Gasteiger partial charge in [0.05, 0.1) is 5.71 Å². The first-order chi connectivity index (χ1) is 6.27. The predicted molar refractivity (Wildman–Crippen MR) is 55.2 cm³/mol. The van der Waals surface area contributed by atoms with Crippen LogP contribution in [0.15, 0.2) is 29.4 Å². The summed E-state index contributed by atoms with van der Waals surface area (Å²) in [4.78, 5) is 0. The van der Waals surface area contributed by atoms with Crippen molar-refractivity contribution in [1.82, 2.24) is 5.01 Å². The average molecular weight is 195 g/mol. The molecule has 0 spiro atoms. The van der Waals surface area contributed by atoms with Gasteiger partial charge in [-0.15, -0.1) is 0 Å². The molecule has 0 radical (unpaired) electrons. The van der Waals surface area contributed by atoms with E-state index in [1.165, 1.54) is 0 Å². The summed E-state index contributed by atoms with van der Waals surface area (Å²) in [6.07, 6.45) is 0.986. The predicted octanol–water partition coefficient (Wildman–Crippen LogP) is 2.38. The highest BCUT2D eigenvalue weighted by Gasteiger charge is 2.14. The molecule has 1 aliphatic rings. The van der Waals surface area contributed by atoms with E-state index >= 15 is 0 Å². The lowest BCUT2D eigenvalue weighted by atomic mass is 10.1. The number of halogens is 1. The molecule has 68 valence electrons. The van der Waals surface area contributed by atoms with Gasteiger partial charge in [0.1, 0.15) is 0 Å². The van der Waals surface area contributed by atoms with Crippen LogP contribution < -0.4 is 0 Å². The number of hydrogen-bond acceptors (Lipinski definition) is 2. The lowest BCUT2D eigenvalue weighted by molar-refractivity contribution is 0.393. The highest BCUT2D eigenvalue weighted by Crippen LogP contribution is 2.20. The Balaban J connectivity index is 2.36. The molecule has 0 aliphatic carbocycles. The first kappa shape index (κ1) is 8.57. The van der Waals surface area contributed by atoms with Crippen LogP contribution in [0.3, 0.4) is 0 Å². The monoisotopic (exact) mass is 194 g/mol. The molecular weight excluding hydrogens is 184 g/mol. The zero-order valence-electron chi connectivity index (χ0n) is 7.50. The SMILES string of the molecule is CN1CCC(c2ccccc2Cl)=N1. The number of benzene rings is 1. The molecule has 0 saturated carbocycles. The van der Waals surface area contributed by atoms with Gasteiger partial charge >= 0.3 is 0 Å². The summed E-state index contributed by atoms with van der Waals surface area (Å²) in [6.45, 7) is 0.987. The third-order valence-corrected chi connectivity index (χ3v) is 2.48. The zero-order valence-corrected chi connectivity index (χ0v) is 8.25. The molecule has 0 aromatic heterocycles. The highest BCUT2D eigenvalue weighted by atomic mass is 35.5. The molecule has 0 unspecified atom stereocenters. The van der Waals surface area contributed by atoms with Crippen molar-refractivity contribution < 1.29 is 0 Å². The van der Waals surface area contributed by atoms with E-state index in [0.717, 1.165) is 29.3 Å². The van der Waals surface area contributed by atoms with Gasteiger partial charge in [-0.25, -0.2) is 0 Å². The minimum absolute atomic E-state index is 0.788. The van der Waals surface area contributed by atoms with E-state index in [1.807, 2.05) is 36.3 Å². The Labute approximate surface area is 82.8 Å². The Morgan fingerprint density at radius 1 is 1.38 bits per heavy atom. The second kappa shape index (κ2) is 3.38. The summed E-state index contributed by atoms with van der Waals surface area (Å²) in [7, 11) is 1.98. The molecule has 0 amide bonds. The van der Waals surface area contributed by atoms with E-state index in [9.17, 15) is 0 Å². The zero-order chi connectivity index (χ0) is 9.26. The molecule has 1 aliphatic heterocycles. The van der Waals surface area contributed by atoms with Crippen LogP contribution in [0.2, 0.25) is 5.02 Å². The average Bonchev–Trinajstić information content (AvgIpc) is 2.53. The molecule has 2 rings (SSSR count). The summed E-state index contributed by atoms with van der Waals surface area (Å²) in [5, 5.41) is 7.12. The molecule has 0 atom stereocenters. The molecule has 1 heterocycles. The van der Waals surface area contributed by atoms with E-state index in [0.29, 0.717) is 0 Å². The van der Waals surface area contributed by atoms with Crippen LogP contribution in [0.1, 0.15) is 12.0 Å². The van der Waals surface area contributed by atoms with E-state index in [2.05, 4.69) is 5.10 Å². The third kappa shape index (κ3) is 1.68. The summed E-state index contributed by atoms with van der Waals surface area (Å²) < 4.78 is 0. The van der Waals surface area contributed by atoms with Crippen molar-refractivity contribution in [2.45, 2.75) is 6.42 Å². The number of hydrogen-bond donors (Lipinski definition) is 0. The number of rotatable bonds is 1. The topological polar surface area (TPSA) is 15.6 Å². The summed E-state index contributed by atoms with van der Waals surface area (Å²) >= 11 is 6.05. The standard InChI is InChI=1S/C10H11ClN2/c1-13-7-6-10(12-13)8-4-2-3-5-9(8)11/h2-5H,6-7H2,1H3. The van der Waals surface area contributed by atoms with Crippen molar-refractivity contribution in [1.29, 1.82) is 0 Å². The minimum atomic E-state index is 0.788. The molecular formula is C10H11ClN2. The van der Waals surface area contributed by atoms with Gasteiger partial charge < -0.3 is 0 Å².